The summed E-state index contributed by atoms with van der Waals surface area (Å²) in [5.41, 5.74) is 0.450. The number of piperidine rings is 1. The smallest absolute Gasteiger partial charge is 0.255 e. The maximum Gasteiger partial charge on any atom is 0.255 e. The van der Waals surface area contributed by atoms with Gasteiger partial charge in [-0.2, -0.15) is 0 Å². The molecule has 1 unspecified atom stereocenters. The summed E-state index contributed by atoms with van der Waals surface area (Å²) in [5, 5.41) is 6.58. The lowest BCUT2D eigenvalue weighted by Gasteiger charge is -2.35. The Kier molecular flexibility index (Phi) is 6.94. The Morgan fingerprint density at radius 1 is 1.14 bits per heavy atom. The lowest BCUT2D eigenvalue weighted by Crippen LogP contribution is -2.54. The Bertz CT molecular complexity index is 679. The van der Waals surface area contributed by atoms with Gasteiger partial charge in [0, 0.05) is 19.1 Å². The lowest BCUT2D eigenvalue weighted by atomic mass is 9.99. The van der Waals surface area contributed by atoms with Crippen molar-refractivity contribution in [2.45, 2.75) is 51.6 Å². The maximum atomic E-state index is 13.1. The van der Waals surface area contributed by atoms with Gasteiger partial charge in [0.05, 0.1) is 12.7 Å². The van der Waals surface area contributed by atoms with Crippen LogP contribution in [0, 0.1) is 11.8 Å². The van der Waals surface area contributed by atoms with Crippen LogP contribution >= 0.6 is 0 Å². The number of nitrogens with one attached hydrogen (secondary N) is 2. The molecule has 3 rings (SSSR count). The summed E-state index contributed by atoms with van der Waals surface area (Å²) in [6.45, 7) is 6.54. The molecular formula is C22H33N3O3. The van der Waals surface area contributed by atoms with Gasteiger partial charge in [-0.15, -0.1) is 0 Å². The molecule has 1 atom stereocenters. The van der Waals surface area contributed by atoms with Crippen molar-refractivity contribution in [2.75, 3.05) is 26.7 Å². The predicted molar refractivity (Wildman–Crippen MR) is 109 cm³/mol. The van der Waals surface area contributed by atoms with Crippen LogP contribution in [0.2, 0.25) is 0 Å². The van der Waals surface area contributed by atoms with Crippen LogP contribution in [0.15, 0.2) is 24.3 Å². The van der Waals surface area contributed by atoms with Crippen molar-refractivity contribution in [3.63, 3.8) is 0 Å². The molecule has 0 radical (unpaired) electrons. The van der Waals surface area contributed by atoms with Gasteiger partial charge in [0.2, 0.25) is 5.91 Å². The van der Waals surface area contributed by atoms with E-state index in [1.807, 2.05) is 24.8 Å². The third kappa shape index (κ3) is 5.25. The highest BCUT2D eigenvalue weighted by Gasteiger charge is 2.32. The minimum Gasteiger partial charge on any atom is -0.496 e. The maximum absolute atomic E-state index is 13.1. The van der Waals surface area contributed by atoms with E-state index in [0.717, 1.165) is 38.4 Å². The molecule has 28 heavy (non-hydrogen) atoms. The number of benzene rings is 1. The molecule has 2 fully saturated rings. The van der Waals surface area contributed by atoms with E-state index in [0.29, 0.717) is 17.4 Å². The van der Waals surface area contributed by atoms with E-state index >= 15 is 0 Å². The van der Waals surface area contributed by atoms with E-state index in [1.165, 1.54) is 12.8 Å². The minimum absolute atomic E-state index is 0.0110. The van der Waals surface area contributed by atoms with Crippen molar-refractivity contribution < 1.29 is 14.3 Å². The molecule has 1 heterocycles. The fraction of sp³-hybridized carbons (Fsp3) is 0.636. The molecule has 1 saturated carbocycles. The first-order valence-electron chi connectivity index (χ1n) is 10.5. The number of nitrogens with zero attached hydrogens (tertiary/aromatic N) is 1. The third-order valence-electron chi connectivity index (χ3n) is 5.77. The molecule has 6 heteroatoms. The number of ether oxygens (including phenoxy) is 1. The fourth-order valence-corrected chi connectivity index (χ4v) is 3.72. The molecule has 6 nitrogen and oxygen atoms in total. The molecule has 0 spiro atoms. The Morgan fingerprint density at radius 3 is 2.43 bits per heavy atom. The zero-order valence-corrected chi connectivity index (χ0v) is 17.2. The highest BCUT2D eigenvalue weighted by Crippen LogP contribution is 2.28. The van der Waals surface area contributed by atoms with Gasteiger partial charge in [-0.25, -0.2) is 0 Å². The fourth-order valence-electron chi connectivity index (χ4n) is 3.72. The molecule has 2 aliphatic rings. The van der Waals surface area contributed by atoms with E-state index in [1.54, 1.807) is 25.3 Å². The van der Waals surface area contributed by atoms with E-state index in [9.17, 15) is 9.59 Å². The summed E-state index contributed by atoms with van der Waals surface area (Å²) in [5.74, 6) is 1.13. The van der Waals surface area contributed by atoms with Crippen molar-refractivity contribution in [3.05, 3.63) is 29.8 Å². The van der Waals surface area contributed by atoms with Crippen LogP contribution in [0.1, 0.15) is 49.9 Å². The number of para-hydroxylation sites is 1. The van der Waals surface area contributed by atoms with Crippen LogP contribution in [0.25, 0.3) is 0 Å². The summed E-state index contributed by atoms with van der Waals surface area (Å²) >= 11 is 0. The average molecular weight is 388 g/mol. The SMILES string of the molecule is COc1ccccc1C(=O)NC(C(=O)N1CCC(NCC2CC2)CC1)C(C)C. The Morgan fingerprint density at radius 2 is 1.82 bits per heavy atom. The summed E-state index contributed by atoms with van der Waals surface area (Å²) < 4.78 is 5.28. The first kappa shape index (κ1) is 20.6. The van der Waals surface area contributed by atoms with Gasteiger partial charge in [0.15, 0.2) is 0 Å². The first-order valence-corrected chi connectivity index (χ1v) is 10.5. The molecule has 1 aromatic carbocycles. The second kappa shape index (κ2) is 9.41. The summed E-state index contributed by atoms with van der Waals surface area (Å²) in [7, 11) is 1.54. The second-order valence-corrected chi connectivity index (χ2v) is 8.35. The van der Waals surface area contributed by atoms with Gasteiger partial charge in [0.25, 0.3) is 5.91 Å². The third-order valence-corrected chi connectivity index (χ3v) is 5.77. The van der Waals surface area contributed by atoms with E-state index < -0.39 is 6.04 Å². The van der Waals surface area contributed by atoms with Crippen LogP contribution in [0.3, 0.4) is 0 Å². The molecular weight excluding hydrogens is 354 g/mol. The largest absolute Gasteiger partial charge is 0.496 e. The summed E-state index contributed by atoms with van der Waals surface area (Å²) in [6.07, 6.45) is 4.66. The number of amides is 2. The Balaban J connectivity index is 1.57. The number of carbonyl (C=O) groups excluding carboxylic acids is 2. The van der Waals surface area contributed by atoms with Crippen LogP contribution in [0.4, 0.5) is 0 Å². The van der Waals surface area contributed by atoms with E-state index in [2.05, 4.69) is 10.6 Å². The number of rotatable bonds is 8. The minimum atomic E-state index is -0.534. The highest BCUT2D eigenvalue weighted by atomic mass is 16.5. The van der Waals surface area contributed by atoms with E-state index in [4.69, 9.17) is 4.74 Å². The van der Waals surface area contributed by atoms with Gasteiger partial charge in [-0.3, -0.25) is 9.59 Å². The average Bonchev–Trinajstić information content (AvgIpc) is 3.54. The van der Waals surface area contributed by atoms with Gasteiger partial charge in [0.1, 0.15) is 11.8 Å². The van der Waals surface area contributed by atoms with Crippen molar-refractivity contribution in [2.24, 2.45) is 11.8 Å². The van der Waals surface area contributed by atoms with Crippen molar-refractivity contribution >= 4 is 11.8 Å². The molecule has 1 aliphatic carbocycles. The summed E-state index contributed by atoms with van der Waals surface area (Å²) in [6, 6.07) is 7.05. The van der Waals surface area contributed by atoms with Crippen molar-refractivity contribution in [1.29, 1.82) is 0 Å². The molecule has 1 aliphatic heterocycles. The van der Waals surface area contributed by atoms with Gasteiger partial charge >= 0.3 is 0 Å². The van der Waals surface area contributed by atoms with Crippen LogP contribution in [-0.2, 0) is 4.79 Å². The zero-order valence-electron chi connectivity index (χ0n) is 17.2. The van der Waals surface area contributed by atoms with Gasteiger partial charge in [-0.1, -0.05) is 26.0 Å². The molecule has 0 aromatic heterocycles. The highest BCUT2D eigenvalue weighted by molar-refractivity contribution is 5.99. The standard InChI is InChI=1S/C22H33N3O3/c1-15(2)20(24-21(26)18-6-4-5-7-19(18)28-3)22(27)25-12-10-17(11-13-25)23-14-16-8-9-16/h4-7,15-17,20,23H,8-14H2,1-3H3,(H,24,26). The molecule has 0 bridgehead atoms. The Labute approximate surface area is 168 Å². The quantitative estimate of drug-likeness (QED) is 0.719. The first-order chi connectivity index (χ1) is 13.5. The normalized spacial score (nSPS) is 18.8. The molecule has 1 aromatic rings. The van der Waals surface area contributed by atoms with Crippen LogP contribution in [-0.4, -0.2) is 55.5 Å². The van der Waals surface area contributed by atoms with Crippen LogP contribution < -0.4 is 15.4 Å². The molecule has 1 saturated heterocycles. The lowest BCUT2D eigenvalue weighted by molar-refractivity contribution is -0.135. The topological polar surface area (TPSA) is 70.7 Å². The number of hydrogen-bond donors (Lipinski definition) is 2. The van der Waals surface area contributed by atoms with Gasteiger partial charge < -0.3 is 20.3 Å². The zero-order chi connectivity index (χ0) is 20.1. The number of likely N-dealkylation sites (tertiary alicyclic amines) is 1. The van der Waals surface area contributed by atoms with Crippen molar-refractivity contribution in [3.8, 4) is 5.75 Å². The summed E-state index contributed by atoms with van der Waals surface area (Å²) in [4.78, 5) is 27.8. The van der Waals surface area contributed by atoms with Crippen LogP contribution in [0.5, 0.6) is 5.75 Å². The van der Waals surface area contributed by atoms with E-state index in [-0.39, 0.29) is 17.7 Å². The monoisotopic (exact) mass is 387 g/mol. The number of methoxy groups -OCH3 is 1. The predicted octanol–water partition coefficient (Wildman–Crippen LogP) is 2.44. The molecule has 2 N–H and O–H groups in total. The molecule has 2 amide bonds. The Hall–Kier alpha value is -2.08. The molecule has 154 valence electrons. The number of carbonyl (C=O) groups is 2. The number of hydrogen-bond acceptors (Lipinski definition) is 4. The van der Waals surface area contributed by atoms with Gasteiger partial charge in [-0.05, 0) is 56.2 Å². The second-order valence-electron chi connectivity index (χ2n) is 8.35. The van der Waals surface area contributed by atoms with Crippen molar-refractivity contribution in [1.82, 2.24) is 15.5 Å².